The van der Waals surface area contributed by atoms with Crippen LogP contribution in [0.4, 0.5) is 5.82 Å². The van der Waals surface area contributed by atoms with Gasteiger partial charge >= 0.3 is 0 Å². The normalized spacial score (nSPS) is 20.6. The van der Waals surface area contributed by atoms with E-state index in [1.165, 1.54) is 6.33 Å². The number of hydrogen-bond acceptors (Lipinski definition) is 4. The van der Waals surface area contributed by atoms with Crippen molar-refractivity contribution in [1.82, 2.24) is 9.97 Å². The molecular formula is C11H15Cl2N3O. The van der Waals surface area contributed by atoms with Crippen molar-refractivity contribution in [2.45, 2.75) is 25.3 Å². The lowest BCUT2D eigenvalue weighted by Gasteiger charge is -2.36. The summed E-state index contributed by atoms with van der Waals surface area (Å²) in [6.07, 6.45) is 2.49. The number of hydrogen-bond donors (Lipinski definition) is 0. The summed E-state index contributed by atoms with van der Waals surface area (Å²) in [6.45, 7) is 4.38. The maximum absolute atomic E-state index is 6.05. The lowest BCUT2D eigenvalue weighted by atomic mass is 10.1. The average molecular weight is 276 g/mol. The minimum atomic E-state index is 0.322. The molecule has 0 aliphatic carbocycles. The van der Waals surface area contributed by atoms with E-state index in [1.54, 1.807) is 0 Å². The van der Waals surface area contributed by atoms with Gasteiger partial charge in [0.05, 0.1) is 25.1 Å². The Hall–Kier alpha value is -0.580. The van der Waals surface area contributed by atoms with E-state index in [-0.39, 0.29) is 0 Å². The van der Waals surface area contributed by atoms with Gasteiger partial charge in [0.15, 0.2) is 0 Å². The molecule has 1 unspecified atom stereocenters. The molecule has 0 radical (unpaired) electrons. The number of ether oxygens (including phenoxy) is 1. The van der Waals surface area contributed by atoms with Crippen molar-refractivity contribution in [3.63, 3.8) is 0 Å². The first kappa shape index (κ1) is 12.9. The first-order valence-corrected chi connectivity index (χ1v) is 6.58. The van der Waals surface area contributed by atoms with Crippen LogP contribution in [0.25, 0.3) is 0 Å². The summed E-state index contributed by atoms with van der Waals surface area (Å²) in [5.41, 5.74) is 0.802. The van der Waals surface area contributed by atoms with Crippen molar-refractivity contribution in [2.75, 3.05) is 24.7 Å². The maximum Gasteiger partial charge on any atom is 0.138 e. The summed E-state index contributed by atoms with van der Waals surface area (Å²) >= 11 is 12.0. The number of morpholine rings is 1. The number of rotatable bonds is 3. The Labute approximate surface area is 111 Å². The Kier molecular flexibility index (Phi) is 4.42. The first-order chi connectivity index (χ1) is 8.27. The second kappa shape index (κ2) is 5.85. The predicted molar refractivity (Wildman–Crippen MR) is 68.8 cm³/mol. The van der Waals surface area contributed by atoms with Gasteiger partial charge in [-0.15, -0.1) is 11.6 Å². The van der Waals surface area contributed by atoms with Crippen molar-refractivity contribution >= 4 is 29.0 Å². The van der Waals surface area contributed by atoms with Gasteiger partial charge in [0.1, 0.15) is 17.3 Å². The predicted octanol–water partition coefficient (Wildman–Crippen LogP) is 2.48. The van der Waals surface area contributed by atoms with Gasteiger partial charge in [-0.3, -0.25) is 0 Å². The Morgan fingerprint density at radius 3 is 3.06 bits per heavy atom. The third-order valence-electron chi connectivity index (χ3n) is 2.97. The van der Waals surface area contributed by atoms with Gasteiger partial charge in [-0.2, -0.15) is 0 Å². The maximum atomic E-state index is 6.05. The number of nitrogens with zero attached hydrogens (tertiary/aromatic N) is 3. The van der Waals surface area contributed by atoms with Crippen LogP contribution in [0.2, 0.25) is 5.15 Å². The summed E-state index contributed by atoms with van der Waals surface area (Å²) < 4.78 is 5.48. The highest BCUT2D eigenvalue weighted by molar-refractivity contribution is 6.31. The molecule has 0 aromatic carbocycles. The second-order valence-electron chi connectivity index (χ2n) is 3.93. The summed E-state index contributed by atoms with van der Waals surface area (Å²) in [6, 6.07) is 0.330. The third-order valence-corrected chi connectivity index (χ3v) is 3.57. The molecule has 17 heavy (non-hydrogen) atoms. The number of anilines is 1. The molecule has 1 atom stereocenters. The fourth-order valence-corrected chi connectivity index (χ4v) is 2.53. The average Bonchev–Trinajstić information content (AvgIpc) is 2.38. The highest BCUT2D eigenvalue weighted by Gasteiger charge is 2.25. The monoisotopic (exact) mass is 275 g/mol. The molecule has 94 valence electrons. The SMILES string of the molecule is CCC1COCCN1c1ncnc(Cl)c1CCl. The van der Waals surface area contributed by atoms with Crippen LogP contribution >= 0.6 is 23.2 Å². The summed E-state index contributed by atoms with van der Waals surface area (Å²) in [7, 11) is 0. The Balaban J connectivity index is 2.34. The van der Waals surface area contributed by atoms with Gasteiger partial charge in [-0.1, -0.05) is 18.5 Å². The molecule has 1 aromatic heterocycles. The molecule has 0 amide bonds. The molecule has 0 spiro atoms. The van der Waals surface area contributed by atoms with Gasteiger partial charge in [0.2, 0.25) is 0 Å². The molecule has 0 saturated carbocycles. The van der Waals surface area contributed by atoms with Gasteiger partial charge in [0.25, 0.3) is 0 Å². The zero-order chi connectivity index (χ0) is 12.3. The standard InChI is InChI=1S/C11H15Cl2N3O/c1-2-8-6-17-4-3-16(8)11-9(5-12)10(13)14-7-15-11/h7-8H,2-6H2,1H3. The Morgan fingerprint density at radius 1 is 1.53 bits per heavy atom. The zero-order valence-electron chi connectivity index (χ0n) is 9.70. The minimum Gasteiger partial charge on any atom is -0.377 e. The number of alkyl halides is 1. The molecule has 0 N–H and O–H groups in total. The lowest BCUT2D eigenvalue weighted by Crippen LogP contribution is -2.46. The summed E-state index contributed by atoms with van der Waals surface area (Å²) in [5, 5.41) is 0.436. The quantitative estimate of drug-likeness (QED) is 0.628. The van der Waals surface area contributed by atoms with Gasteiger partial charge in [-0.25, -0.2) is 9.97 Å². The molecule has 0 bridgehead atoms. The van der Waals surface area contributed by atoms with E-state index >= 15 is 0 Å². The smallest absolute Gasteiger partial charge is 0.138 e. The molecule has 6 heteroatoms. The van der Waals surface area contributed by atoms with Gasteiger partial charge in [-0.05, 0) is 6.42 Å². The highest BCUT2D eigenvalue weighted by atomic mass is 35.5. The Bertz CT molecular complexity index is 389. The van der Waals surface area contributed by atoms with Crippen LogP contribution in [0.15, 0.2) is 6.33 Å². The zero-order valence-corrected chi connectivity index (χ0v) is 11.2. The molecular weight excluding hydrogens is 261 g/mol. The van der Waals surface area contributed by atoms with Crippen LogP contribution in [-0.4, -0.2) is 35.8 Å². The van der Waals surface area contributed by atoms with E-state index in [4.69, 9.17) is 27.9 Å². The molecule has 1 aliphatic heterocycles. The fourth-order valence-electron chi connectivity index (χ4n) is 2.02. The van der Waals surface area contributed by atoms with Crippen LogP contribution in [0, 0.1) is 0 Å². The first-order valence-electron chi connectivity index (χ1n) is 5.67. The largest absolute Gasteiger partial charge is 0.377 e. The van der Waals surface area contributed by atoms with E-state index in [1.807, 2.05) is 0 Å². The van der Waals surface area contributed by atoms with Gasteiger partial charge < -0.3 is 9.64 Å². The van der Waals surface area contributed by atoms with E-state index in [0.717, 1.165) is 31.0 Å². The third kappa shape index (κ3) is 2.64. The summed E-state index contributed by atoms with van der Waals surface area (Å²) in [5.74, 6) is 1.16. The highest BCUT2D eigenvalue weighted by Crippen LogP contribution is 2.28. The molecule has 2 heterocycles. The molecule has 1 saturated heterocycles. The lowest BCUT2D eigenvalue weighted by molar-refractivity contribution is 0.0925. The van der Waals surface area contributed by atoms with Crippen LogP contribution in [0.5, 0.6) is 0 Å². The molecule has 1 fully saturated rings. The molecule has 1 aromatic rings. The second-order valence-corrected chi connectivity index (χ2v) is 4.56. The summed E-state index contributed by atoms with van der Waals surface area (Å²) in [4.78, 5) is 10.5. The topological polar surface area (TPSA) is 38.2 Å². The van der Waals surface area contributed by atoms with Crippen molar-refractivity contribution in [2.24, 2.45) is 0 Å². The molecule has 1 aliphatic rings. The number of halogens is 2. The van der Waals surface area contributed by atoms with E-state index in [9.17, 15) is 0 Å². The minimum absolute atomic E-state index is 0.322. The van der Waals surface area contributed by atoms with Crippen LogP contribution in [0.1, 0.15) is 18.9 Å². The number of aromatic nitrogens is 2. The van der Waals surface area contributed by atoms with Crippen molar-refractivity contribution in [3.8, 4) is 0 Å². The van der Waals surface area contributed by atoms with Crippen molar-refractivity contribution in [3.05, 3.63) is 17.0 Å². The molecule has 2 rings (SSSR count). The van der Waals surface area contributed by atoms with E-state index in [0.29, 0.717) is 23.7 Å². The van der Waals surface area contributed by atoms with E-state index in [2.05, 4.69) is 21.8 Å². The van der Waals surface area contributed by atoms with Crippen molar-refractivity contribution in [1.29, 1.82) is 0 Å². The fraction of sp³-hybridized carbons (Fsp3) is 0.636. The van der Waals surface area contributed by atoms with Crippen LogP contribution in [-0.2, 0) is 10.6 Å². The van der Waals surface area contributed by atoms with E-state index < -0.39 is 0 Å². The van der Waals surface area contributed by atoms with Crippen molar-refractivity contribution < 1.29 is 4.74 Å². The van der Waals surface area contributed by atoms with Gasteiger partial charge in [0, 0.05) is 12.1 Å². The molecule has 4 nitrogen and oxygen atoms in total. The van der Waals surface area contributed by atoms with Crippen LogP contribution in [0.3, 0.4) is 0 Å². The van der Waals surface area contributed by atoms with Crippen LogP contribution < -0.4 is 4.90 Å². The Morgan fingerprint density at radius 2 is 2.35 bits per heavy atom.